The molecule has 2 fully saturated rings. The lowest BCUT2D eigenvalue weighted by Crippen LogP contribution is -2.52. The first-order valence-electron chi connectivity index (χ1n) is 9.62. The van der Waals surface area contributed by atoms with E-state index in [-0.39, 0.29) is 12.5 Å². The number of morpholine rings is 1. The lowest BCUT2D eigenvalue weighted by molar-refractivity contribution is -0.130. The van der Waals surface area contributed by atoms with Crippen LogP contribution >= 0.6 is 0 Å². The first-order valence-corrected chi connectivity index (χ1v) is 9.62. The summed E-state index contributed by atoms with van der Waals surface area (Å²) in [6, 6.07) is 5.20. The molecule has 0 radical (unpaired) electrons. The highest BCUT2D eigenvalue weighted by Crippen LogP contribution is 2.32. The minimum Gasteiger partial charge on any atom is -0.370 e. The van der Waals surface area contributed by atoms with Crippen LogP contribution in [0.15, 0.2) is 24.3 Å². The second-order valence-electron chi connectivity index (χ2n) is 7.78. The molecule has 1 amide bonds. The summed E-state index contributed by atoms with van der Waals surface area (Å²) >= 11 is 0. The highest BCUT2D eigenvalue weighted by atomic mass is 19.1. The van der Waals surface area contributed by atoms with Crippen LogP contribution in [-0.2, 0) is 27.4 Å². The topological polar surface area (TPSA) is 79.5 Å². The number of halogens is 2. The number of ether oxygens (including phenoxy) is 2. The van der Waals surface area contributed by atoms with Crippen molar-refractivity contribution in [1.82, 2.24) is 20.4 Å². The summed E-state index contributed by atoms with van der Waals surface area (Å²) in [4.78, 5) is 14.7. The second-order valence-corrected chi connectivity index (χ2v) is 7.78. The third-order valence-electron chi connectivity index (χ3n) is 5.26. The van der Waals surface area contributed by atoms with E-state index in [2.05, 4.69) is 20.4 Å². The van der Waals surface area contributed by atoms with Crippen molar-refractivity contribution in [2.24, 2.45) is 0 Å². The van der Waals surface area contributed by atoms with Gasteiger partial charge in [-0.1, -0.05) is 0 Å². The monoisotopic (exact) mass is 406 g/mol. The molecule has 29 heavy (non-hydrogen) atoms. The Morgan fingerprint density at radius 1 is 1.34 bits per heavy atom. The minimum atomic E-state index is -0.673. The fourth-order valence-electron chi connectivity index (χ4n) is 3.95. The number of rotatable bonds is 5. The van der Waals surface area contributed by atoms with Crippen LogP contribution in [0.25, 0.3) is 0 Å². The molecule has 0 saturated carbocycles. The van der Waals surface area contributed by atoms with Crippen molar-refractivity contribution in [3.63, 3.8) is 0 Å². The molecule has 2 atom stereocenters. The molecular formula is C20H24F2N4O3. The second kappa shape index (κ2) is 8.17. The largest absolute Gasteiger partial charge is 0.370 e. The standard InChI is InChI=1S/C20H24F2N4O3/c1-13-4-17(25-24-13)10-26-2-3-29-20(11-26)8-18(28-12-20)19(27)23-9-14-5-15(21)7-16(22)6-14/h4-7,18H,2-3,8-12H2,1H3,(H,23,27)(H,24,25). The maximum absolute atomic E-state index is 13.3. The number of aromatic nitrogens is 2. The summed E-state index contributed by atoms with van der Waals surface area (Å²) in [6.45, 7) is 5.03. The Balaban J connectivity index is 1.31. The summed E-state index contributed by atoms with van der Waals surface area (Å²) in [5.41, 5.74) is 1.81. The lowest BCUT2D eigenvalue weighted by atomic mass is 9.97. The average Bonchev–Trinajstić information content (AvgIpc) is 3.25. The summed E-state index contributed by atoms with van der Waals surface area (Å²) in [7, 11) is 0. The Morgan fingerprint density at radius 3 is 2.86 bits per heavy atom. The van der Waals surface area contributed by atoms with Gasteiger partial charge in [-0.05, 0) is 30.7 Å². The van der Waals surface area contributed by atoms with Crippen molar-refractivity contribution in [1.29, 1.82) is 0 Å². The van der Waals surface area contributed by atoms with E-state index in [0.717, 1.165) is 24.0 Å². The van der Waals surface area contributed by atoms with Gasteiger partial charge < -0.3 is 14.8 Å². The smallest absolute Gasteiger partial charge is 0.249 e. The number of benzene rings is 1. The van der Waals surface area contributed by atoms with E-state index in [9.17, 15) is 13.6 Å². The van der Waals surface area contributed by atoms with Gasteiger partial charge in [0, 0.05) is 44.4 Å². The van der Waals surface area contributed by atoms with Crippen molar-refractivity contribution in [2.75, 3.05) is 26.3 Å². The number of hydrogen-bond acceptors (Lipinski definition) is 5. The molecule has 1 aromatic heterocycles. The number of carbonyl (C=O) groups excluding carboxylic acids is 1. The SMILES string of the molecule is Cc1cc(CN2CCOC3(COC(C(=O)NCc4cc(F)cc(F)c4)C3)C2)n[nH]1. The molecule has 7 nitrogen and oxygen atoms in total. The van der Waals surface area contributed by atoms with Gasteiger partial charge in [-0.2, -0.15) is 5.10 Å². The van der Waals surface area contributed by atoms with E-state index in [0.29, 0.717) is 38.3 Å². The predicted molar refractivity (Wildman–Crippen MR) is 99.8 cm³/mol. The number of nitrogens with zero attached hydrogens (tertiary/aromatic N) is 2. The van der Waals surface area contributed by atoms with Crippen LogP contribution in [-0.4, -0.2) is 59.0 Å². The molecule has 2 N–H and O–H groups in total. The summed E-state index contributed by atoms with van der Waals surface area (Å²) in [5.74, 6) is -1.66. The number of hydrogen-bond donors (Lipinski definition) is 2. The van der Waals surface area contributed by atoms with Crippen molar-refractivity contribution in [3.05, 3.63) is 52.9 Å². The zero-order chi connectivity index (χ0) is 20.4. The number of aromatic amines is 1. The van der Waals surface area contributed by atoms with Gasteiger partial charge in [-0.25, -0.2) is 8.78 Å². The van der Waals surface area contributed by atoms with Crippen molar-refractivity contribution < 1.29 is 23.0 Å². The van der Waals surface area contributed by atoms with E-state index < -0.39 is 23.3 Å². The predicted octanol–water partition coefficient (Wildman–Crippen LogP) is 1.67. The van der Waals surface area contributed by atoms with Gasteiger partial charge in [-0.15, -0.1) is 0 Å². The van der Waals surface area contributed by atoms with Gasteiger partial charge in [-0.3, -0.25) is 14.8 Å². The molecule has 0 bridgehead atoms. The number of aryl methyl sites for hydroxylation is 1. The quantitative estimate of drug-likeness (QED) is 0.790. The highest BCUT2D eigenvalue weighted by Gasteiger charge is 2.46. The summed E-state index contributed by atoms with van der Waals surface area (Å²) < 4.78 is 38.3. The number of H-pyrrole nitrogens is 1. The van der Waals surface area contributed by atoms with Gasteiger partial charge >= 0.3 is 0 Å². The molecule has 1 spiro atoms. The molecule has 2 aromatic rings. The molecule has 156 valence electrons. The zero-order valence-corrected chi connectivity index (χ0v) is 16.2. The number of carbonyl (C=O) groups is 1. The Labute approximate surface area is 167 Å². The van der Waals surface area contributed by atoms with Gasteiger partial charge in [0.15, 0.2) is 0 Å². The van der Waals surface area contributed by atoms with Crippen molar-refractivity contribution in [2.45, 2.75) is 38.1 Å². The van der Waals surface area contributed by atoms with Crippen LogP contribution in [0, 0.1) is 18.6 Å². The molecule has 2 aliphatic heterocycles. The fraction of sp³-hybridized carbons (Fsp3) is 0.500. The van der Waals surface area contributed by atoms with Crippen LogP contribution < -0.4 is 5.32 Å². The van der Waals surface area contributed by atoms with E-state index in [4.69, 9.17) is 9.47 Å². The maximum Gasteiger partial charge on any atom is 0.249 e. The van der Waals surface area contributed by atoms with Crippen LogP contribution in [0.3, 0.4) is 0 Å². The van der Waals surface area contributed by atoms with Crippen LogP contribution in [0.1, 0.15) is 23.4 Å². The third kappa shape index (κ3) is 4.80. The van der Waals surface area contributed by atoms with Crippen molar-refractivity contribution in [3.8, 4) is 0 Å². The molecule has 1 aromatic carbocycles. The molecule has 2 saturated heterocycles. The van der Waals surface area contributed by atoms with E-state index in [1.54, 1.807) is 0 Å². The Hall–Kier alpha value is -2.36. The summed E-state index contributed by atoms with van der Waals surface area (Å²) in [6.07, 6.45) is -0.215. The van der Waals surface area contributed by atoms with Crippen molar-refractivity contribution >= 4 is 5.91 Å². The minimum absolute atomic E-state index is 0.0336. The van der Waals surface area contributed by atoms with E-state index in [1.165, 1.54) is 12.1 Å². The zero-order valence-electron chi connectivity index (χ0n) is 16.2. The summed E-state index contributed by atoms with van der Waals surface area (Å²) in [5, 5.41) is 9.91. The highest BCUT2D eigenvalue weighted by molar-refractivity contribution is 5.81. The molecule has 2 aliphatic rings. The number of amides is 1. The van der Waals surface area contributed by atoms with Crippen LogP contribution in [0.5, 0.6) is 0 Å². The molecular weight excluding hydrogens is 382 g/mol. The first kappa shape index (κ1) is 19.9. The lowest BCUT2D eigenvalue weighted by Gasteiger charge is -2.39. The van der Waals surface area contributed by atoms with Gasteiger partial charge in [0.05, 0.1) is 18.9 Å². The Morgan fingerprint density at radius 2 is 2.14 bits per heavy atom. The Bertz CT molecular complexity index is 870. The fourth-order valence-corrected chi connectivity index (χ4v) is 3.95. The normalized spacial score (nSPS) is 24.9. The van der Waals surface area contributed by atoms with Gasteiger partial charge in [0.2, 0.25) is 5.91 Å². The van der Waals surface area contributed by atoms with Crippen LogP contribution in [0.2, 0.25) is 0 Å². The third-order valence-corrected chi connectivity index (χ3v) is 5.26. The number of nitrogens with one attached hydrogen (secondary N) is 2. The van der Waals surface area contributed by atoms with Gasteiger partial charge in [0.1, 0.15) is 23.3 Å². The molecule has 3 heterocycles. The molecule has 9 heteroatoms. The van der Waals surface area contributed by atoms with E-state index in [1.807, 2.05) is 13.0 Å². The molecule has 4 rings (SSSR count). The average molecular weight is 406 g/mol. The van der Waals surface area contributed by atoms with Crippen LogP contribution in [0.4, 0.5) is 8.78 Å². The van der Waals surface area contributed by atoms with E-state index >= 15 is 0 Å². The van der Waals surface area contributed by atoms with Gasteiger partial charge in [0.25, 0.3) is 0 Å². The molecule has 0 aliphatic carbocycles. The first-order chi connectivity index (χ1) is 13.9. The molecule has 2 unspecified atom stereocenters. The Kier molecular flexibility index (Phi) is 5.62. The maximum atomic E-state index is 13.3.